The highest BCUT2D eigenvalue weighted by molar-refractivity contribution is 5.95. The van der Waals surface area contributed by atoms with Crippen molar-refractivity contribution in [1.29, 1.82) is 0 Å². The molecule has 4 heteroatoms. The van der Waals surface area contributed by atoms with E-state index in [1.54, 1.807) is 12.1 Å². The molecule has 1 aliphatic heterocycles. The number of carbonyl (C=O) groups is 1. The Balaban J connectivity index is 2.01. The second kappa shape index (κ2) is 6.75. The van der Waals surface area contributed by atoms with Crippen molar-refractivity contribution >= 4 is 11.7 Å². The van der Waals surface area contributed by atoms with Gasteiger partial charge >= 0.3 is 5.97 Å². The molecule has 4 nitrogen and oxygen atoms in total. The third-order valence-electron chi connectivity index (χ3n) is 4.09. The molecule has 2 N–H and O–H groups in total. The standard InChI is InChI=1S/C16H24N2O2/c1-12-7-6-8-14(16(19)20)15(12)17-11-13(2)18-9-4-3-5-10-18/h6-8,13,17H,3-5,9-11H2,1-2H3,(H,19,20). The van der Waals surface area contributed by atoms with Gasteiger partial charge in [-0.25, -0.2) is 4.79 Å². The Bertz CT molecular complexity index is 468. The van der Waals surface area contributed by atoms with Gasteiger partial charge in [-0.3, -0.25) is 4.90 Å². The Morgan fingerprint density at radius 2 is 2.05 bits per heavy atom. The van der Waals surface area contributed by atoms with Crippen LogP contribution < -0.4 is 5.32 Å². The molecule has 1 saturated heterocycles. The molecule has 1 aromatic carbocycles. The number of rotatable bonds is 5. The van der Waals surface area contributed by atoms with Crippen molar-refractivity contribution in [3.05, 3.63) is 29.3 Å². The van der Waals surface area contributed by atoms with Crippen LogP contribution in [0.15, 0.2) is 18.2 Å². The molecule has 1 fully saturated rings. The number of aryl methyl sites for hydroxylation is 1. The topological polar surface area (TPSA) is 52.6 Å². The fraction of sp³-hybridized carbons (Fsp3) is 0.562. The zero-order valence-electron chi connectivity index (χ0n) is 12.4. The summed E-state index contributed by atoms with van der Waals surface area (Å²) in [5, 5.41) is 12.6. The maximum atomic E-state index is 11.3. The van der Waals surface area contributed by atoms with Crippen LogP contribution in [0.1, 0.15) is 42.1 Å². The van der Waals surface area contributed by atoms with Gasteiger partial charge in [-0.1, -0.05) is 18.6 Å². The first-order valence-corrected chi connectivity index (χ1v) is 7.40. The van der Waals surface area contributed by atoms with E-state index in [9.17, 15) is 9.90 Å². The van der Waals surface area contributed by atoms with Crippen LogP contribution in [-0.4, -0.2) is 41.7 Å². The van der Waals surface area contributed by atoms with Gasteiger partial charge in [-0.2, -0.15) is 0 Å². The lowest BCUT2D eigenvalue weighted by atomic mass is 10.1. The number of para-hydroxylation sites is 1. The van der Waals surface area contributed by atoms with Gasteiger partial charge in [-0.05, 0) is 51.4 Å². The molecule has 1 aliphatic rings. The Morgan fingerprint density at radius 1 is 1.35 bits per heavy atom. The summed E-state index contributed by atoms with van der Waals surface area (Å²) in [5.41, 5.74) is 2.09. The number of carboxylic acids is 1. The van der Waals surface area contributed by atoms with Crippen molar-refractivity contribution in [2.24, 2.45) is 0 Å². The van der Waals surface area contributed by atoms with Gasteiger partial charge in [0, 0.05) is 12.6 Å². The van der Waals surface area contributed by atoms with E-state index in [1.807, 2.05) is 13.0 Å². The molecule has 20 heavy (non-hydrogen) atoms. The van der Waals surface area contributed by atoms with E-state index in [0.29, 0.717) is 11.6 Å². The summed E-state index contributed by atoms with van der Waals surface area (Å²) in [7, 11) is 0. The largest absolute Gasteiger partial charge is 0.478 e. The van der Waals surface area contributed by atoms with Gasteiger partial charge in [-0.15, -0.1) is 0 Å². The number of carboxylic acid groups (broad SMARTS) is 1. The molecular formula is C16H24N2O2. The van der Waals surface area contributed by atoms with Crippen molar-refractivity contribution in [3.8, 4) is 0 Å². The number of benzene rings is 1. The predicted octanol–water partition coefficient (Wildman–Crippen LogP) is 2.98. The average molecular weight is 276 g/mol. The quantitative estimate of drug-likeness (QED) is 0.868. The summed E-state index contributed by atoms with van der Waals surface area (Å²) in [4.78, 5) is 13.8. The molecule has 0 radical (unpaired) electrons. The monoisotopic (exact) mass is 276 g/mol. The lowest BCUT2D eigenvalue weighted by molar-refractivity contribution is 0.0697. The van der Waals surface area contributed by atoms with E-state index in [4.69, 9.17) is 0 Å². The Kier molecular flexibility index (Phi) is 5.01. The lowest BCUT2D eigenvalue weighted by Crippen LogP contribution is -2.41. The first kappa shape index (κ1) is 14.9. The van der Waals surface area contributed by atoms with Crippen LogP contribution in [0.2, 0.25) is 0 Å². The van der Waals surface area contributed by atoms with Crippen LogP contribution in [0.5, 0.6) is 0 Å². The number of anilines is 1. The molecule has 1 atom stereocenters. The normalized spacial score (nSPS) is 17.7. The van der Waals surface area contributed by atoms with Crippen LogP contribution in [0, 0.1) is 6.92 Å². The number of nitrogens with zero attached hydrogens (tertiary/aromatic N) is 1. The molecular weight excluding hydrogens is 252 g/mol. The van der Waals surface area contributed by atoms with Gasteiger partial charge in [0.05, 0.1) is 11.3 Å². The van der Waals surface area contributed by atoms with Gasteiger partial charge in [0.15, 0.2) is 0 Å². The molecule has 0 aromatic heterocycles. The van der Waals surface area contributed by atoms with Crippen molar-refractivity contribution in [2.45, 2.75) is 39.2 Å². The molecule has 0 amide bonds. The van der Waals surface area contributed by atoms with E-state index in [1.165, 1.54) is 19.3 Å². The lowest BCUT2D eigenvalue weighted by Gasteiger charge is -2.32. The van der Waals surface area contributed by atoms with Crippen LogP contribution >= 0.6 is 0 Å². The molecule has 0 saturated carbocycles. The van der Waals surface area contributed by atoms with E-state index in [-0.39, 0.29) is 0 Å². The summed E-state index contributed by atoms with van der Waals surface area (Å²) in [6, 6.07) is 5.82. The van der Waals surface area contributed by atoms with Gasteiger partial charge < -0.3 is 10.4 Å². The van der Waals surface area contributed by atoms with Gasteiger partial charge in [0.1, 0.15) is 0 Å². The van der Waals surface area contributed by atoms with E-state index < -0.39 is 5.97 Å². The maximum absolute atomic E-state index is 11.3. The summed E-state index contributed by atoms with van der Waals surface area (Å²) in [6.45, 7) is 7.24. The number of aromatic carboxylic acids is 1. The predicted molar refractivity (Wildman–Crippen MR) is 81.5 cm³/mol. The first-order chi connectivity index (χ1) is 9.59. The van der Waals surface area contributed by atoms with Gasteiger partial charge in [0.2, 0.25) is 0 Å². The Morgan fingerprint density at radius 3 is 2.70 bits per heavy atom. The highest BCUT2D eigenvalue weighted by Gasteiger charge is 2.18. The van der Waals surface area contributed by atoms with Crippen LogP contribution in [0.3, 0.4) is 0 Å². The smallest absolute Gasteiger partial charge is 0.337 e. The van der Waals surface area contributed by atoms with E-state index >= 15 is 0 Å². The van der Waals surface area contributed by atoms with Crippen LogP contribution in [0.25, 0.3) is 0 Å². The molecule has 1 unspecified atom stereocenters. The first-order valence-electron chi connectivity index (χ1n) is 7.40. The molecule has 1 heterocycles. The van der Waals surface area contributed by atoms with Gasteiger partial charge in [0.25, 0.3) is 0 Å². The zero-order chi connectivity index (χ0) is 14.5. The second-order valence-corrected chi connectivity index (χ2v) is 5.63. The zero-order valence-corrected chi connectivity index (χ0v) is 12.4. The second-order valence-electron chi connectivity index (χ2n) is 5.63. The minimum absolute atomic E-state index is 0.357. The SMILES string of the molecule is Cc1cccc(C(=O)O)c1NCC(C)N1CCCCC1. The number of hydrogen-bond donors (Lipinski definition) is 2. The third kappa shape index (κ3) is 3.51. The van der Waals surface area contributed by atoms with Crippen molar-refractivity contribution in [1.82, 2.24) is 4.90 Å². The van der Waals surface area contributed by atoms with Crippen LogP contribution in [0.4, 0.5) is 5.69 Å². The molecule has 0 aliphatic carbocycles. The molecule has 0 bridgehead atoms. The molecule has 110 valence electrons. The Labute approximate surface area is 120 Å². The average Bonchev–Trinajstić information content (AvgIpc) is 2.46. The number of nitrogens with one attached hydrogen (secondary N) is 1. The molecule has 0 spiro atoms. The number of hydrogen-bond acceptors (Lipinski definition) is 3. The van der Waals surface area contributed by atoms with Crippen LogP contribution in [-0.2, 0) is 0 Å². The third-order valence-corrected chi connectivity index (χ3v) is 4.09. The highest BCUT2D eigenvalue weighted by Crippen LogP contribution is 2.21. The number of likely N-dealkylation sites (tertiary alicyclic amines) is 1. The van der Waals surface area contributed by atoms with Crippen molar-refractivity contribution in [3.63, 3.8) is 0 Å². The number of piperidine rings is 1. The van der Waals surface area contributed by atoms with Crippen molar-refractivity contribution in [2.75, 3.05) is 25.0 Å². The van der Waals surface area contributed by atoms with Crippen molar-refractivity contribution < 1.29 is 9.90 Å². The minimum atomic E-state index is -0.873. The summed E-state index contributed by atoms with van der Waals surface area (Å²) >= 11 is 0. The highest BCUT2D eigenvalue weighted by atomic mass is 16.4. The summed E-state index contributed by atoms with van der Waals surface area (Å²) < 4.78 is 0. The molecule has 2 rings (SSSR count). The van der Waals surface area contributed by atoms with E-state index in [0.717, 1.165) is 30.9 Å². The Hall–Kier alpha value is -1.55. The minimum Gasteiger partial charge on any atom is -0.478 e. The maximum Gasteiger partial charge on any atom is 0.337 e. The fourth-order valence-electron chi connectivity index (χ4n) is 2.82. The fourth-order valence-corrected chi connectivity index (χ4v) is 2.82. The van der Waals surface area contributed by atoms with E-state index in [2.05, 4.69) is 17.1 Å². The molecule has 1 aromatic rings. The summed E-state index contributed by atoms with van der Waals surface area (Å²) in [6.07, 6.45) is 3.88. The summed E-state index contributed by atoms with van der Waals surface area (Å²) in [5.74, 6) is -0.873.